The van der Waals surface area contributed by atoms with Crippen molar-refractivity contribution in [3.8, 4) is 0 Å². The molecule has 0 radical (unpaired) electrons. The van der Waals surface area contributed by atoms with E-state index >= 15 is 0 Å². The minimum absolute atomic E-state index is 0.719. The number of nitrogens with one attached hydrogen (secondary N) is 2. The van der Waals surface area contributed by atoms with E-state index in [-0.39, 0.29) is 0 Å². The molecule has 0 aliphatic carbocycles. The zero-order valence-electron chi connectivity index (χ0n) is 8.32. The van der Waals surface area contributed by atoms with Gasteiger partial charge in [0.25, 0.3) is 0 Å². The zero-order valence-corrected chi connectivity index (χ0v) is 8.32. The average Bonchev–Trinajstić information content (AvgIpc) is 2.06. The highest BCUT2D eigenvalue weighted by Crippen LogP contribution is 1.80. The van der Waals surface area contributed by atoms with E-state index < -0.39 is 0 Å². The second-order valence-electron chi connectivity index (χ2n) is 2.97. The summed E-state index contributed by atoms with van der Waals surface area (Å²) in [7, 11) is 0. The van der Waals surface area contributed by atoms with Crippen LogP contribution in [0.1, 0.15) is 39.5 Å². The maximum absolute atomic E-state index is 5.65. The van der Waals surface area contributed by atoms with E-state index in [1.54, 1.807) is 0 Å². The van der Waals surface area contributed by atoms with Crippen LogP contribution in [0.4, 0.5) is 0 Å². The van der Waals surface area contributed by atoms with Crippen molar-refractivity contribution < 1.29 is 4.99 Å². The van der Waals surface area contributed by atoms with Crippen LogP contribution in [0.2, 0.25) is 0 Å². The molecular formula is C9H22N3+. The Morgan fingerprint density at radius 3 is 2.50 bits per heavy atom. The van der Waals surface area contributed by atoms with Crippen molar-refractivity contribution in [2.75, 3.05) is 13.1 Å². The highest BCUT2D eigenvalue weighted by atomic mass is 15.1. The lowest BCUT2D eigenvalue weighted by Crippen LogP contribution is -2.78. The molecular weight excluding hydrogens is 150 g/mol. The molecule has 3 heteroatoms. The van der Waals surface area contributed by atoms with Gasteiger partial charge < -0.3 is 0 Å². The number of rotatable bonds is 6. The van der Waals surface area contributed by atoms with E-state index in [4.69, 9.17) is 5.73 Å². The molecule has 0 bridgehead atoms. The lowest BCUT2D eigenvalue weighted by atomic mass is 10.3. The Hall–Kier alpha value is -0.730. The minimum Gasteiger partial charge on any atom is -0.291 e. The van der Waals surface area contributed by atoms with Gasteiger partial charge in [0.1, 0.15) is 0 Å². The van der Waals surface area contributed by atoms with Crippen molar-refractivity contribution in [1.82, 2.24) is 5.32 Å². The smallest absolute Gasteiger partial charge is 0.291 e. The molecule has 0 aromatic carbocycles. The van der Waals surface area contributed by atoms with Gasteiger partial charge in [-0.25, -0.2) is 0 Å². The fourth-order valence-electron chi connectivity index (χ4n) is 0.862. The molecule has 0 aliphatic rings. The molecule has 72 valence electrons. The predicted octanol–water partition coefficient (Wildman–Crippen LogP) is -0.428. The first-order valence-corrected chi connectivity index (χ1v) is 4.91. The number of nitrogens with two attached hydrogens (primary N) is 1. The van der Waals surface area contributed by atoms with Crippen LogP contribution in [0.25, 0.3) is 0 Å². The fraction of sp³-hybridized carbons (Fsp3) is 0.889. The molecule has 0 fully saturated rings. The summed E-state index contributed by atoms with van der Waals surface area (Å²) in [6.07, 6.45) is 4.76. The maximum Gasteiger partial charge on any atom is 0.341 e. The first-order valence-electron chi connectivity index (χ1n) is 4.91. The van der Waals surface area contributed by atoms with E-state index in [0.29, 0.717) is 0 Å². The molecule has 0 atom stereocenters. The lowest BCUT2D eigenvalue weighted by molar-refractivity contribution is -0.461. The molecule has 0 spiro atoms. The summed E-state index contributed by atoms with van der Waals surface area (Å²) in [6, 6.07) is 0. The molecule has 0 heterocycles. The highest BCUT2D eigenvalue weighted by molar-refractivity contribution is 5.71. The number of guanidine groups is 1. The third kappa shape index (κ3) is 7.38. The third-order valence-electron chi connectivity index (χ3n) is 1.69. The van der Waals surface area contributed by atoms with Crippen LogP contribution in [0.15, 0.2) is 0 Å². The third-order valence-corrected chi connectivity index (χ3v) is 1.69. The summed E-state index contributed by atoms with van der Waals surface area (Å²) < 4.78 is 0. The van der Waals surface area contributed by atoms with E-state index in [0.717, 1.165) is 19.0 Å². The van der Waals surface area contributed by atoms with Crippen LogP contribution < -0.4 is 16.0 Å². The van der Waals surface area contributed by atoms with Gasteiger partial charge in [-0.2, -0.15) is 0 Å². The molecule has 0 saturated carbocycles. The molecule has 0 aromatic rings. The molecule has 0 amide bonds. The quantitative estimate of drug-likeness (QED) is 0.289. The molecule has 0 saturated heterocycles. The molecule has 4 N–H and O–H groups in total. The summed E-state index contributed by atoms with van der Waals surface area (Å²) in [5, 5.41) is 3.13. The van der Waals surface area contributed by atoms with Gasteiger partial charge in [-0.05, 0) is 12.8 Å². The lowest BCUT2D eigenvalue weighted by Gasteiger charge is -1.97. The van der Waals surface area contributed by atoms with Gasteiger partial charge in [0.05, 0.1) is 13.1 Å². The topological polar surface area (TPSA) is 52.0 Å². The van der Waals surface area contributed by atoms with Gasteiger partial charge >= 0.3 is 5.96 Å². The van der Waals surface area contributed by atoms with Gasteiger partial charge in [-0.3, -0.25) is 16.0 Å². The fourth-order valence-corrected chi connectivity index (χ4v) is 0.862. The van der Waals surface area contributed by atoms with Crippen LogP contribution in [-0.4, -0.2) is 19.0 Å². The van der Waals surface area contributed by atoms with Crippen LogP contribution in [0.3, 0.4) is 0 Å². The van der Waals surface area contributed by atoms with E-state index in [1.807, 2.05) is 0 Å². The number of hydrogen-bond acceptors (Lipinski definition) is 0. The average molecular weight is 172 g/mol. The zero-order chi connectivity index (χ0) is 9.23. The van der Waals surface area contributed by atoms with Gasteiger partial charge in [-0.15, -0.1) is 0 Å². The van der Waals surface area contributed by atoms with Crippen molar-refractivity contribution in [2.45, 2.75) is 39.5 Å². The monoisotopic (exact) mass is 172 g/mol. The van der Waals surface area contributed by atoms with Gasteiger partial charge in [0, 0.05) is 0 Å². The van der Waals surface area contributed by atoms with Gasteiger partial charge in [-0.1, -0.05) is 26.7 Å². The van der Waals surface area contributed by atoms with Gasteiger partial charge in [0.2, 0.25) is 0 Å². The van der Waals surface area contributed by atoms with Crippen molar-refractivity contribution in [3.63, 3.8) is 0 Å². The van der Waals surface area contributed by atoms with Crippen LogP contribution in [-0.2, 0) is 0 Å². The summed E-state index contributed by atoms with van der Waals surface area (Å²) >= 11 is 0. The predicted molar refractivity (Wildman–Crippen MR) is 52.8 cm³/mol. The maximum atomic E-state index is 5.65. The van der Waals surface area contributed by atoms with Crippen LogP contribution in [0, 0.1) is 0 Å². The Morgan fingerprint density at radius 2 is 1.92 bits per heavy atom. The van der Waals surface area contributed by atoms with E-state index in [2.05, 4.69) is 24.2 Å². The standard InChI is InChI=1S/C9H21N3/c1-3-5-7-11-9(10)12-8-6-4-2/h3-8H2,1-2H3,(H3,10,11,12)/p+1. The summed E-state index contributed by atoms with van der Waals surface area (Å²) in [5.74, 6) is 0.719. The molecule has 0 unspecified atom stereocenters. The normalized spacial score (nSPS) is 11.7. The number of hydrogen-bond donors (Lipinski definition) is 3. The Kier molecular flexibility index (Phi) is 7.86. The minimum atomic E-state index is 0.719. The Labute approximate surface area is 75.4 Å². The van der Waals surface area contributed by atoms with E-state index in [9.17, 15) is 0 Å². The molecule has 12 heavy (non-hydrogen) atoms. The Bertz CT molecular complexity index is 121. The van der Waals surface area contributed by atoms with Gasteiger partial charge in [0.15, 0.2) is 0 Å². The van der Waals surface area contributed by atoms with Crippen molar-refractivity contribution >= 4 is 5.96 Å². The SMILES string of the molecule is CCCCNC(N)=[NH+]CCCC. The van der Waals surface area contributed by atoms with Crippen molar-refractivity contribution in [3.05, 3.63) is 0 Å². The van der Waals surface area contributed by atoms with E-state index in [1.165, 1.54) is 25.7 Å². The highest BCUT2D eigenvalue weighted by Gasteiger charge is 1.94. The summed E-state index contributed by atoms with van der Waals surface area (Å²) in [6.45, 7) is 6.29. The Morgan fingerprint density at radius 1 is 1.25 bits per heavy atom. The molecule has 0 aromatic heterocycles. The largest absolute Gasteiger partial charge is 0.341 e. The second kappa shape index (κ2) is 8.37. The molecule has 0 aliphatic heterocycles. The van der Waals surface area contributed by atoms with Crippen molar-refractivity contribution in [2.24, 2.45) is 5.73 Å². The first-order chi connectivity index (χ1) is 5.81. The van der Waals surface area contributed by atoms with Crippen LogP contribution in [0.5, 0.6) is 0 Å². The summed E-state index contributed by atoms with van der Waals surface area (Å²) in [5.41, 5.74) is 5.65. The second-order valence-corrected chi connectivity index (χ2v) is 2.97. The molecule has 3 nitrogen and oxygen atoms in total. The van der Waals surface area contributed by atoms with Crippen LogP contribution >= 0.6 is 0 Å². The summed E-state index contributed by atoms with van der Waals surface area (Å²) in [4.78, 5) is 3.13. The molecule has 0 rings (SSSR count). The van der Waals surface area contributed by atoms with Crippen molar-refractivity contribution in [1.29, 1.82) is 0 Å². The number of unbranched alkanes of at least 4 members (excludes halogenated alkanes) is 2. The Balaban J connectivity index is 3.29. The first kappa shape index (κ1) is 11.3.